The van der Waals surface area contributed by atoms with Crippen molar-refractivity contribution in [3.63, 3.8) is 0 Å². The number of nitrogens with two attached hydrogens (primary N) is 1. The van der Waals surface area contributed by atoms with Crippen LogP contribution in [0.15, 0.2) is 151 Å². The van der Waals surface area contributed by atoms with Crippen LogP contribution < -0.4 is 35.3 Å². The van der Waals surface area contributed by atoms with Gasteiger partial charge in [-0.15, -0.1) is 0 Å². The normalized spacial score (nSPS) is 9.72. The zero-order valence-electron chi connectivity index (χ0n) is 38.9. The molecule has 0 saturated heterocycles. The van der Waals surface area contributed by atoms with E-state index in [2.05, 4.69) is 26.0 Å². The van der Waals surface area contributed by atoms with Crippen molar-refractivity contribution < 1.29 is 67.7 Å². The van der Waals surface area contributed by atoms with Crippen molar-refractivity contribution in [2.45, 2.75) is 25.3 Å². The van der Waals surface area contributed by atoms with Crippen LogP contribution in [0.5, 0.6) is 0 Å². The molecule has 0 amide bonds. The van der Waals surface area contributed by atoms with Crippen molar-refractivity contribution in [3.8, 4) is 0 Å². The minimum absolute atomic E-state index is 0. The number of ether oxygens (including phenoxy) is 4. The summed E-state index contributed by atoms with van der Waals surface area (Å²) in [4.78, 5) is 50.6. The summed E-state index contributed by atoms with van der Waals surface area (Å²) in [6, 6.07) is 45.5. The Morgan fingerprint density at radius 1 is 0.478 bits per heavy atom. The van der Waals surface area contributed by atoms with Crippen LogP contribution in [-0.4, -0.2) is 52.3 Å². The van der Waals surface area contributed by atoms with Crippen LogP contribution in [0.25, 0.3) is 69.5 Å². The van der Waals surface area contributed by atoms with Gasteiger partial charge in [-0.3, -0.25) is 4.91 Å². The van der Waals surface area contributed by atoms with Gasteiger partial charge in [-0.2, -0.15) is 0 Å². The van der Waals surface area contributed by atoms with Gasteiger partial charge in [0.2, 0.25) is 0 Å². The van der Waals surface area contributed by atoms with Crippen molar-refractivity contribution >= 4 is 82.9 Å². The maximum Gasteiger partial charge on any atom is 1.00 e. The van der Waals surface area contributed by atoms with Crippen LogP contribution in [0.2, 0.25) is 0 Å². The first-order valence-corrected chi connectivity index (χ1v) is 21.7. The summed E-state index contributed by atoms with van der Waals surface area (Å²) in [6.07, 6.45) is 0. The molecule has 2 N–H and O–H groups in total. The molecule has 0 radical (unpaired) electrons. The zero-order chi connectivity index (χ0) is 49.6. The molecule has 346 valence electrons. The van der Waals surface area contributed by atoms with Gasteiger partial charge in [-0.1, -0.05) is 142 Å². The van der Waals surface area contributed by atoms with Crippen LogP contribution in [-0.2, 0) is 37.4 Å². The molecule has 0 spiro atoms. The van der Waals surface area contributed by atoms with E-state index < -0.39 is 0 Å². The van der Waals surface area contributed by atoms with Crippen molar-refractivity contribution in [1.29, 1.82) is 0 Å². The standard InChI is InChI=1S/C13H11BrO2.C13H11N3O2.C13H13NO2.C13H12O2.N3.Na/c1-16-13(15)12-7-6-9(8-14)10-4-2-3-5-11(10)12;1-18-13(17)12-7-6-9(8-15-16-14)10-4-2-3-5-11(10)12;1-16-13(15)12-7-6-9(8-14)10-4-2-3-5-11(10)12;1-9-7-8-12(13(14)15-2)11-6-4-3-5-10(9)11;1-3-2;/h2-7H,8H2,1H3;2-7H,8H2,1H3;2-7H,8,14H2,1H3;3-8H,1-2H3;;/q;;;;-1;+1. The summed E-state index contributed by atoms with van der Waals surface area (Å²) in [5.41, 5.74) is 34.1. The molecule has 0 saturated carbocycles. The monoisotopic (exact) mass is 999 g/mol. The van der Waals surface area contributed by atoms with E-state index in [1.165, 1.54) is 44.5 Å². The molecule has 15 nitrogen and oxygen atoms in total. The van der Waals surface area contributed by atoms with Gasteiger partial charge in [0.05, 0.1) is 57.2 Å². The number of rotatable bonds is 8. The minimum Gasteiger partial charge on any atom is -0.465 e. The number of azide groups is 1. The Labute approximate surface area is 429 Å². The second kappa shape index (κ2) is 28.8. The van der Waals surface area contributed by atoms with E-state index in [0.717, 1.165) is 59.5 Å². The van der Waals surface area contributed by atoms with Crippen molar-refractivity contribution in [2.75, 3.05) is 28.4 Å². The number of fused-ring (bicyclic) bond motifs is 4. The molecule has 0 unspecified atom stereocenters. The molecule has 8 aromatic carbocycles. The van der Waals surface area contributed by atoms with E-state index in [4.69, 9.17) is 41.3 Å². The third-order valence-electron chi connectivity index (χ3n) is 10.5. The molecular weight excluding hydrogens is 954 g/mol. The smallest absolute Gasteiger partial charge is 0.465 e. The third kappa shape index (κ3) is 14.4. The summed E-state index contributed by atoms with van der Waals surface area (Å²) < 4.78 is 19.0. The predicted octanol–water partition coefficient (Wildman–Crippen LogP) is 9.85. The number of methoxy groups -OCH3 is 4. The molecule has 0 atom stereocenters. The molecule has 8 rings (SSSR count). The first-order valence-electron chi connectivity index (χ1n) is 20.6. The van der Waals surface area contributed by atoms with Crippen LogP contribution in [0, 0.1) is 6.92 Å². The first kappa shape index (κ1) is 56.1. The largest absolute Gasteiger partial charge is 1.00 e. The fourth-order valence-electron chi connectivity index (χ4n) is 7.23. The molecule has 17 heteroatoms. The molecule has 0 aliphatic carbocycles. The van der Waals surface area contributed by atoms with Crippen LogP contribution in [0.1, 0.15) is 63.7 Å². The van der Waals surface area contributed by atoms with Crippen LogP contribution >= 0.6 is 15.9 Å². The Kier molecular flexibility index (Phi) is 23.4. The Hall–Kier alpha value is -7.26. The Balaban J connectivity index is 0.000000238. The number of alkyl halides is 1. The van der Waals surface area contributed by atoms with Gasteiger partial charge in [0, 0.05) is 16.8 Å². The molecule has 0 aliphatic heterocycles. The van der Waals surface area contributed by atoms with Gasteiger partial charge in [-0.05, 0) is 102 Å². The van der Waals surface area contributed by atoms with Gasteiger partial charge in [-0.25, -0.2) is 19.2 Å². The summed E-state index contributed by atoms with van der Waals surface area (Å²) in [7, 11) is 5.53. The van der Waals surface area contributed by atoms with Crippen molar-refractivity contribution in [1.82, 2.24) is 0 Å². The Morgan fingerprint density at radius 2 is 0.768 bits per heavy atom. The average molecular weight is 1000 g/mol. The molecule has 0 bridgehead atoms. The first-order chi connectivity index (χ1) is 33.0. The fraction of sp³-hybridized carbons (Fsp3) is 0.154. The maximum absolute atomic E-state index is 11.6. The van der Waals surface area contributed by atoms with E-state index in [1.54, 1.807) is 18.2 Å². The van der Waals surface area contributed by atoms with Crippen molar-refractivity contribution in [3.05, 3.63) is 217 Å². The van der Waals surface area contributed by atoms with E-state index in [1.807, 2.05) is 134 Å². The van der Waals surface area contributed by atoms with Gasteiger partial charge in [0.1, 0.15) is 0 Å². The molecular formula is C52H47BrN7NaO8. The molecule has 69 heavy (non-hydrogen) atoms. The van der Waals surface area contributed by atoms with Crippen LogP contribution in [0.4, 0.5) is 0 Å². The Morgan fingerprint density at radius 3 is 1.12 bits per heavy atom. The summed E-state index contributed by atoms with van der Waals surface area (Å²) in [5.74, 6) is -1.27. The van der Waals surface area contributed by atoms with E-state index in [9.17, 15) is 19.2 Å². The molecule has 0 fully saturated rings. The topological polar surface area (TPSA) is 239 Å². The number of hydrogen-bond donors (Lipinski definition) is 1. The third-order valence-corrected chi connectivity index (χ3v) is 11.1. The SMILES string of the molecule is COC(=O)c1ccc(C)c2ccccc12.COC(=O)c1ccc(CBr)c2ccccc12.COC(=O)c1ccc(CN)c2ccccc12.COC(=O)c1ccc(CN=[N+]=[N-])c2ccccc12.[N-]=[N+]=[N-].[Na+]. The number of esters is 4. The molecule has 0 aromatic heterocycles. The van der Waals surface area contributed by atoms with Crippen molar-refractivity contribution in [2.24, 2.45) is 10.8 Å². The number of aryl methyl sites for hydroxylation is 1. The van der Waals surface area contributed by atoms with E-state index >= 15 is 0 Å². The van der Waals surface area contributed by atoms with Crippen LogP contribution in [0.3, 0.4) is 0 Å². The van der Waals surface area contributed by atoms with E-state index in [0.29, 0.717) is 28.8 Å². The zero-order valence-corrected chi connectivity index (χ0v) is 42.5. The second-order valence-electron chi connectivity index (χ2n) is 14.2. The number of hydrogen-bond acceptors (Lipinski definition) is 10. The molecule has 0 heterocycles. The minimum atomic E-state index is -0.374. The van der Waals surface area contributed by atoms with Gasteiger partial charge in [0.15, 0.2) is 0 Å². The molecule has 0 aliphatic rings. The number of nitrogens with zero attached hydrogens (tertiary/aromatic N) is 6. The molecule has 8 aromatic rings. The van der Waals surface area contributed by atoms with Gasteiger partial charge in [0.25, 0.3) is 0 Å². The quantitative estimate of drug-likeness (QED) is 0.0289. The maximum atomic E-state index is 11.6. The summed E-state index contributed by atoms with van der Waals surface area (Å²) >= 11 is 3.44. The predicted molar refractivity (Wildman–Crippen MR) is 269 cm³/mol. The number of halogens is 1. The Bertz CT molecular complexity index is 3080. The number of carbonyl (C=O) groups is 4. The van der Waals surface area contributed by atoms with Gasteiger partial charge < -0.3 is 35.7 Å². The average Bonchev–Trinajstić information content (AvgIpc) is 3.39. The number of carbonyl (C=O) groups excluding carboxylic acids is 4. The summed E-state index contributed by atoms with van der Waals surface area (Å²) in [6.45, 7) is 2.75. The second-order valence-corrected chi connectivity index (χ2v) is 14.8. The number of benzene rings is 8. The van der Waals surface area contributed by atoms with E-state index in [-0.39, 0.29) is 60.0 Å². The summed E-state index contributed by atoms with van der Waals surface area (Å²) in [5, 5.41) is 12.0. The van der Waals surface area contributed by atoms with Gasteiger partial charge >= 0.3 is 53.4 Å². The fourth-order valence-corrected chi connectivity index (χ4v) is 7.72.